The van der Waals surface area contributed by atoms with E-state index >= 15 is 0 Å². The van der Waals surface area contributed by atoms with Crippen LogP contribution in [0.4, 0.5) is 0 Å². The van der Waals surface area contributed by atoms with Gasteiger partial charge in [0, 0.05) is 43.7 Å². The average Bonchev–Trinajstić information content (AvgIpc) is 3.63. The highest BCUT2D eigenvalue weighted by Gasteiger charge is 2.37. The maximum absolute atomic E-state index is 12.8. The summed E-state index contributed by atoms with van der Waals surface area (Å²) in [4.78, 5) is 29.6. The second-order valence-corrected chi connectivity index (χ2v) is 8.69. The molecule has 2 heterocycles. The quantitative estimate of drug-likeness (QED) is 0.798. The fourth-order valence-electron chi connectivity index (χ4n) is 4.77. The van der Waals surface area contributed by atoms with Crippen molar-refractivity contribution in [1.82, 2.24) is 15.1 Å². The Bertz CT molecular complexity index is 726. The molecular weight excluding hydrogens is 366 g/mol. The number of amides is 2. The molecule has 1 saturated carbocycles. The predicted molar refractivity (Wildman–Crippen MR) is 111 cm³/mol. The summed E-state index contributed by atoms with van der Waals surface area (Å²) < 4.78 is 5.38. The Balaban J connectivity index is 1.26. The molecule has 1 aromatic carbocycles. The lowest BCUT2D eigenvalue weighted by atomic mass is 9.93. The summed E-state index contributed by atoms with van der Waals surface area (Å²) in [6.45, 7) is 4.15. The molecule has 2 saturated heterocycles. The van der Waals surface area contributed by atoms with Crippen molar-refractivity contribution < 1.29 is 14.3 Å². The van der Waals surface area contributed by atoms with E-state index in [0.29, 0.717) is 24.4 Å². The van der Waals surface area contributed by atoms with Crippen LogP contribution >= 0.6 is 0 Å². The summed E-state index contributed by atoms with van der Waals surface area (Å²) in [6.07, 6.45) is 6.25. The number of carbonyl (C=O) groups excluding carboxylic acids is 2. The molecule has 0 spiro atoms. The molecule has 158 valence electrons. The van der Waals surface area contributed by atoms with E-state index < -0.39 is 0 Å². The van der Waals surface area contributed by atoms with E-state index in [0.717, 1.165) is 76.0 Å². The van der Waals surface area contributed by atoms with E-state index in [2.05, 4.69) is 15.1 Å². The summed E-state index contributed by atoms with van der Waals surface area (Å²) in [5.41, 5.74) is 1.00. The van der Waals surface area contributed by atoms with Crippen molar-refractivity contribution in [3.8, 4) is 5.75 Å². The molecule has 0 bridgehead atoms. The second kappa shape index (κ2) is 9.16. The van der Waals surface area contributed by atoms with Gasteiger partial charge in [0.05, 0.1) is 13.0 Å². The molecular formula is C23H33N3O3. The molecule has 0 unspecified atom stereocenters. The Hall–Kier alpha value is -2.08. The van der Waals surface area contributed by atoms with Crippen LogP contribution in [0.25, 0.3) is 0 Å². The number of hydrogen-bond acceptors (Lipinski definition) is 4. The van der Waals surface area contributed by atoms with Gasteiger partial charge in [0.2, 0.25) is 11.8 Å². The van der Waals surface area contributed by atoms with Crippen molar-refractivity contribution >= 4 is 11.8 Å². The predicted octanol–water partition coefficient (Wildman–Crippen LogP) is 2.42. The first-order valence-corrected chi connectivity index (χ1v) is 11.1. The van der Waals surface area contributed by atoms with Crippen LogP contribution in [0.3, 0.4) is 0 Å². The van der Waals surface area contributed by atoms with Gasteiger partial charge in [-0.05, 0) is 51.1 Å². The Kier molecular flexibility index (Phi) is 6.38. The molecule has 0 aromatic heterocycles. The molecule has 3 aliphatic rings. The molecule has 1 atom stereocenters. The van der Waals surface area contributed by atoms with Crippen molar-refractivity contribution in [3.05, 3.63) is 29.8 Å². The molecule has 2 amide bonds. The molecule has 29 heavy (non-hydrogen) atoms. The number of benzene rings is 1. The van der Waals surface area contributed by atoms with Gasteiger partial charge in [-0.1, -0.05) is 18.2 Å². The monoisotopic (exact) mass is 399 g/mol. The second-order valence-electron chi connectivity index (χ2n) is 8.69. The van der Waals surface area contributed by atoms with Gasteiger partial charge in [-0.15, -0.1) is 0 Å². The molecule has 1 aliphatic carbocycles. The Morgan fingerprint density at radius 1 is 1.03 bits per heavy atom. The summed E-state index contributed by atoms with van der Waals surface area (Å²) in [6, 6.07) is 8.31. The summed E-state index contributed by atoms with van der Waals surface area (Å²) >= 11 is 0. The zero-order valence-corrected chi connectivity index (χ0v) is 17.4. The van der Waals surface area contributed by atoms with Gasteiger partial charge in [-0.2, -0.15) is 0 Å². The van der Waals surface area contributed by atoms with Crippen molar-refractivity contribution in [2.45, 2.75) is 51.1 Å². The highest BCUT2D eigenvalue weighted by atomic mass is 16.5. The molecule has 1 N–H and O–H groups in total. The van der Waals surface area contributed by atoms with Gasteiger partial charge >= 0.3 is 0 Å². The Labute approximate surface area is 173 Å². The van der Waals surface area contributed by atoms with Crippen molar-refractivity contribution in [3.63, 3.8) is 0 Å². The van der Waals surface area contributed by atoms with E-state index in [1.165, 1.54) is 0 Å². The lowest BCUT2D eigenvalue weighted by Crippen LogP contribution is -2.51. The lowest BCUT2D eigenvalue weighted by molar-refractivity contribution is -0.134. The van der Waals surface area contributed by atoms with Crippen LogP contribution in [0.5, 0.6) is 5.75 Å². The van der Waals surface area contributed by atoms with Crippen LogP contribution in [0, 0.1) is 11.8 Å². The van der Waals surface area contributed by atoms with Crippen molar-refractivity contribution in [2.75, 3.05) is 33.3 Å². The minimum Gasteiger partial charge on any atom is -0.496 e. The third-order valence-corrected chi connectivity index (χ3v) is 6.69. The fraction of sp³-hybridized carbons (Fsp3) is 0.652. The van der Waals surface area contributed by atoms with Gasteiger partial charge in [-0.25, -0.2) is 0 Å². The number of hydrogen-bond donors (Lipinski definition) is 1. The Morgan fingerprint density at radius 2 is 1.79 bits per heavy atom. The van der Waals surface area contributed by atoms with Crippen LogP contribution in [-0.4, -0.2) is 60.9 Å². The number of carbonyl (C=O) groups is 2. The lowest BCUT2D eigenvalue weighted by Gasteiger charge is -2.42. The number of nitrogens with one attached hydrogen (secondary N) is 1. The number of piperidine rings is 2. The van der Waals surface area contributed by atoms with Crippen LogP contribution in [0.2, 0.25) is 0 Å². The van der Waals surface area contributed by atoms with Gasteiger partial charge < -0.3 is 15.0 Å². The van der Waals surface area contributed by atoms with Gasteiger partial charge in [0.25, 0.3) is 0 Å². The molecule has 1 aromatic rings. The topological polar surface area (TPSA) is 61.9 Å². The Morgan fingerprint density at radius 3 is 2.52 bits per heavy atom. The minimum atomic E-state index is 0.0459. The SMILES string of the molecule is COc1ccccc1CNC(=O)[C@H]1CCCN(C2CCN(C(=O)C3CC3)CC2)C1. The maximum atomic E-state index is 12.8. The van der Waals surface area contributed by atoms with E-state index in [9.17, 15) is 9.59 Å². The van der Waals surface area contributed by atoms with E-state index in [1.54, 1.807) is 7.11 Å². The number of methoxy groups -OCH3 is 1. The molecule has 2 aliphatic heterocycles. The number of rotatable bonds is 6. The molecule has 6 nitrogen and oxygen atoms in total. The molecule has 6 heteroatoms. The number of para-hydroxylation sites is 1. The highest BCUT2D eigenvalue weighted by Crippen LogP contribution is 2.32. The summed E-state index contributed by atoms with van der Waals surface area (Å²) in [7, 11) is 1.66. The number of ether oxygens (including phenoxy) is 1. The van der Waals surface area contributed by atoms with Gasteiger partial charge in [0.1, 0.15) is 5.75 Å². The van der Waals surface area contributed by atoms with Gasteiger partial charge in [-0.3, -0.25) is 14.5 Å². The highest BCUT2D eigenvalue weighted by molar-refractivity contribution is 5.81. The van der Waals surface area contributed by atoms with Crippen molar-refractivity contribution in [2.24, 2.45) is 11.8 Å². The van der Waals surface area contributed by atoms with Crippen LogP contribution in [0.1, 0.15) is 44.1 Å². The largest absolute Gasteiger partial charge is 0.496 e. The van der Waals surface area contributed by atoms with Crippen molar-refractivity contribution in [1.29, 1.82) is 0 Å². The first-order valence-electron chi connectivity index (χ1n) is 11.1. The standard InChI is InChI=1S/C23H33N3O3/c1-29-21-7-3-2-5-18(21)15-24-22(27)19-6-4-12-26(16-19)20-10-13-25(14-11-20)23(28)17-8-9-17/h2-3,5,7,17,19-20H,4,6,8-16H2,1H3,(H,24,27)/t19-/m0/s1. The van der Waals surface area contributed by atoms with E-state index in [1.807, 2.05) is 24.3 Å². The first kappa shape index (κ1) is 20.2. The van der Waals surface area contributed by atoms with Crippen LogP contribution in [0.15, 0.2) is 24.3 Å². The third kappa shape index (κ3) is 4.92. The zero-order chi connectivity index (χ0) is 20.2. The smallest absolute Gasteiger partial charge is 0.225 e. The minimum absolute atomic E-state index is 0.0459. The van der Waals surface area contributed by atoms with Crippen LogP contribution in [-0.2, 0) is 16.1 Å². The zero-order valence-electron chi connectivity index (χ0n) is 17.4. The molecule has 4 rings (SSSR count). The molecule has 3 fully saturated rings. The van der Waals surface area contributed by atoms with Crippen LogP contribution < -0.4 is 10.1 Å². The maximum Gasteiger partial charge on any atom is 0.225 e. The normalized spacial score (nSPS) is 23.6. The summed E-state index contributed by atoms with van der Waals surface area (Å²) in [5.74, 6) is 1.69. The van der Waals surface area contributed by atoms with E-state index in [4.69, 9.17) is 4.74 Å². The third-order valence-electron chi connectivity index (χ3n) is 6.69. The average molecular weight is 400 g/mol. The fourth-order valence-corrected chi connectivity index (χ4v) is 4.77. The molecule has 0 radical (unpaired) electrons. The van der Waals surface area contributed by atoms with E-state index in [-0.39, 0.29) is 11.8 Å². The number of likely N-dealkylation sites (tertiary alicyclic amines) is 2. The number of nitrogens with zero attached hydrogens (tertiary/aromatic N) is 2. The van der Waals surface area contributed by atoms with Gasteiger partial charge in [0.15, 0.2) is 0 Å². The first-order chi connectivity index (χ1) is 14.2. The summed E-state index contributed by atoms with van der Waals surface area (Å²) in [5, 5.41) is 3.11.